The molecular weight excluding hydrogens is 234 g/mol. The molecule has 90 valence electrons. The van der Waals surface area contributed by atoms with Crippen LogP contribution in [0.1, 0.15) is 11.4 Å². The first-order valence-electron chi connectivity index (χ1n) is 5.30. The first-order chi connectivity index (χ1) is 8.13. The lowest BCUT2D eigenvalue weighted by atomic mass is 10.4. The lowest BCUT2D eigenvalue weighted by Gasteiger charge is -2.05. The Morgan fingerprint density at radius 3 is 2.76 bits per heavy atom. The van der Waals surface area contributed by atoms with Gasteiger partial charge in [0.25, 0.3) is 0 Å². The van der Waals surface area contributed by atoms with Crippen LogP contribution in [0.3, 0.4) is 0 Å². The van der Waals surface area contributed by atoms with Gasteiger partial charge < -0.3 is 10.2 Å². The number of anilines is 2. The van der Waals surface area contributed by atoms with Crippen LogP contribution in [0, 0.1) is 6.92 Å². The summed E-state index contributed by atoms with van der Waals surface area (Å²) < 4.78 is 0. The van der Waals surface area contributed by atoms with Crippen LogP contribution in [0.25, 0.3) is 0 Å². The molecule has 6 heteroatoms. The highest BCUT2D eigenvalue weighted by Gasteiger charge is 2.04. The molecule has 0 fully saturated rings. The van der Waals surface area contributed by atoms with Gasteiger partial charge in [-0.3, -0.25) is 0 Å². The van der Waals surface area contributed by atoms with Crippen molar-refractivity contribution in [3.8, 4) is 0 Å². The maximum atomic E-state index is 4.47. The van der Waals surface area contributed by atoms with Crippen molar-refractivity contribution < 1.29 is 0 Å². The van der Waals surface area contributed by atoms with Crippen LogP contribution in [-0.4, -0.2) is 34.2 Å². The maximum Gasteiger partial charge on any atom is 0.188 e. The molecule has 0 aliphatic rings. The summed E-state index contributed by atoms with van der Waals surface area (Å²) in [4.78, 5) is 6.55. The number of aryl methyl sites for hydroxylation is 1. The Kier molecular flexibility index (Phi) is 3.65. The summed E-state index contributed by atoms with van der Waals surface area (Å²) in [6, 6.07) is 3.82. The minimum atomic E-state index is 0.723. The number of rotatable bonds is 4. The van der Waals surface area contributed by atoms with Crippen molar-refractivity contribution in [1.29, 1.82) is 0 Å². The topological polar surface area (TPSA) is 53.9 Å². The second-order valence-electron chi connectivity index (χ2n) is 4.07. The molecule has 2 heterocycles. The molecule has 1 N–H and O–H groups in total. The molecule has 2 rings (SSSR count). The predicted octanol–water partition coefficient (Wildman–Crippen LogP) is 2.05. The third kappa shape index (κ3) is 3.47. The summed E-state index contributed by atoms with van der Waals surface area (Å²) >= 11 is 1.57. The number of nitrogens with one attached hydrogen (secondary N) is 1. The monoisotopic (exact) mass is 249 g/mol. The van der Waals surface area contributed by atoms with Crippen LogP contribution < -0.4 is 5.32 Å². The molecule has 0 atom stereocenters. The Bertz CT molecular complexity index is 477. The molecule has 5 nitrogen and oxygen atoms in total. The van der Waals surface area contributed by atoms with Gasteiger partial charge in [-0.25, -0.2) is 4.98 Å². The van der Waals surface area contributed by atoms with Crippen molar-refractivity contribution in [2.75, 3.05) is 19.4 Å². The summed E-state index contributed by atoms with van der Waals surface area (Å²) in [7, 11) is 4.05. The first kappa shape index (κ1) is 11.9. The van der Waals surface area contributed by atoms with Crippen molar-refractivity contribution in [1.82, 2.24) is 20.1 Å². The molecule has 0 aliphatic heterocycles. The molecule has 0 amide bonds. The standard InChI is InChI=1S/C11H15N5S/c1-8-4-5-10(15-14-8)13-11-12-9(7-17-11)6-16(2)3/h4-5,7H,6H2,1-3H3,(H,12,13,15). The largest absolute Gasteiger partial charge is 0.315 e. The third-order valence-electron chi connectivity index (χ3n) is 2.06. The second-order valence-corrected chi connectivity index (χ2v) is 4.92. The number of aromatic nitrogens is 3. The van der Waals surface area contributed by atoms with Gasteiger partial charge in [-0.2, -0.15) is 5.10 Å². The normalized spacial score (nSPS) is 10.8. The number of hydrogen-bond donors (Lipinski definition) is 1. The van der Waals surface area contributed by atoms with E-state index >= 15 is 0 Å². The van der Waals surface area contributed by atoms with E-state index in [2.05, 4.69) is 25.4 Å². The zero-order valence-electron chi connectivity index (χ0n) is 10.1. The summed E-state index contributed by atoms with van der Waals surface area (Å²) in [6.45, 7) is 2.76. The van der Waals surface area contributed by atoms with Gasteiger partial charge in [-0.15, -0.1) is 16.4 Å². The summed E-state index contributed by atoms with van der Waals surface area (Å²) in [6.07, 6.45) is 0. The molecule has 2 aromatic rings. The quantitative estimate of drug-likeness (QED) is 0.898. The van der Waals surface area contributed by atoms with Gasteiger partial charge in [-0.1, -0.05) is 0 Å². The second kappa shape index (κ2) is 5.20. The van der Waals surface area contributed by atoms with Crippen molar-refractivity contribution in [2.45, 2.75) is 13.5 Å². The molecule has 2 aromatic heterocycles. The summed E-state index contributed by atoms with van der Waals surface area (Å²) in [5.41, 5.74) is 1.96. The van der Waals surface area contributed by atoms with Gasteiger partial charge in [0.2, 0.25) is 0 Å². The Morgan fingerprint density at radius 2 is 2.12 bits per heavy atom. The molecule has 17 heavy (non-hydrogen) atoms. The molecule has 0 spiro atoms. The first-order valence-corrected chi connectivity index (χ1v) is 6.18. The number of nitrogens with zero attached hydrogens (tertiary/aromatic N) is 4. The molecule has 0 aliphatic carbocycles. The molecule has 0 radical (unpaired) electrons. The molecule has 0 unspecified atom stereocenters. The van der Waals surface area contributed by atoms with Crippen LogP contribution >= 0.6 is 11.3 Å². The van der Waals surface area contributed by atoms with E-state index in [4.69, 9.17) is 0 Å². The fourth-order valence-electron chi connectivity index (χ4n) is 1.34. The fraction of sp³-hybridized carbons (Fsp3) is 0.364. The van der Waals surface area contributed by atoms with Crippen molar-refractivity contribution in [3.05, 3.63) is 28.9 Å². The minimum absolute atomic E-state index is 0.723. The summed E-state index contributed by atoms with van der Waals surface area (Å²) in [5, 5.41) is 14.1. The van der Waals surface area contributed by atoms with Crippen molar-refractivity contribution in [3.63, 3.8) is 0 Å². The van der Waals surface area contributed by atoms with E-state index in [1.807, 2.05) is 38.5 Å². The van der Waals surface area contributed by atoms with E-state index in [9.17, 15) is 0 Å². The Balaban J connectivity index is 2.03. The zero-order chi connectivity index (χ0) is 12.3. The molecule has 0 aromatic carbocycles. The average molecular weight is 249 g/mol. The molecule has 0 saturated heterocycles. The lowest BCUT2D eigenvalue weighted by molar-refractivity contribution is 0.398. The van der Waals surface area contributed by atoms with Gasteiger partial charge in [0.05, 0.1) is 11.4 Å². The van der Waals surface area contributed by atoms with Crippen LogP contribution in [0.4, 0.5) is 10.9 Å². The van der Waals surface area contributed by atoms with Gasteiger partial charge in [0.15, 0.2) is 10.9 Å². The maximum absolute atomic E-state index is 4.47. The van der Waals surface area contributed by atoms with Gasteiger partial charge in [-0.05, 0) is 33.2 Å². The predicted molar refractivity (Wildman–Crippen MR) is 69.6 cm³/mol. The van der Waals surface area contributed by atoms with E-state index in [1.165, 1.54) is 0 Å². The molecule has 0 bridgehead atoms. The van der Waals surface area contributed by atoms with E-state index < -0.39 is 0 Å². The van der Waals surface area contributed by atoms with E-state index in [-0.39, 0.29) is 0 Å². The minimum Gasteiger partial charge on any atom is -0.315 e. The molecule has 0 saturated carbocycles. The summed E-state index contributed by atoms with van der Waals surface area (Å²) in [5.74, 6) is 0.723. The van der Waals surface area contributed by atoms with Crippen molar-refractivity contribution >= 4 is 22.3 Å². The highest BCUT2D eigenvalue weighted by Crippen LogP contribution is 2.19. The van der Waals surface area contributed by atoms with Gasteiger partial charge in [0.1, 0.15) is 0 Å². The number of hydrogen-bond acceptors (Lipinski definition) is 6. The number of thiazole rings is 1. The van der Waals surface area contributed by atoms with E-state index in [0.717, 1.165) is 28.9 Å². The SMILES string of the molecule is Cc1ccc(Nc2nc(CN(C)C)cs2)nn1. The lowest BCUT2D eigenvalue weighted by Crippen LogP contribution is -2.10. The Morgan fingerprint density at radius 1 is 1.29 bits per heavy atom. The van der Waals surface area contributed by atoms with Crippen LogP contribution in [0.2, 0.25) is 0 Å². The van der Waals surface area contributed by atoms with Crippen LogP contribution in [0.5, 0.6) is 0 Å². The van der Waals surface area contributed by atoms with E-state index in [0.29, 0.717) is 0 Å². The van der Waals surface area contributed by atoms with Crippen molar-refractivity contribution in [2.24, 2.45) is 0 Å². The van der Waals surface area contributed by atoms with E-state index in [1.54, 1.807) is 11.3 Å². The Labute approximate surface area is 105 Å². The highest BCUT2D eigenvalue weighted by molar-refractivity contribution is 7.13. The fourth-order valence-corrected chi connectivity index (χ4v) is 2.04. The zero-order valence-corrected chi connectivity index (χ0v) is 11.0. The van der Waals surface area contributed by atoms with Crippen LogP contribution in [0.15, 0.2) is 17.5 Å². The molecular formula is C11H15N5S. The average Bonchev–Trinajstić information content (AvgIpc) is 2.68. The van der Waals surface area contributed by atoms with Gasteiger partial charge in [0, 0.05) is 11.9 Å². The third-order valence-corrected chi connectivity index (χ3v) is 2.87. The van der Waals surface area contributed by atoms with Crippen LogP contribution in [-0.2, 0) is 6.54 Å². The smallest absolute Gasteiger partial charge is 0.188 e. The highest BCUT2D eigenvalue weighted by atomic mass is 32.1. The Hall–Kier alpha value is -1.53. The van der Waals surface area contributed by atoms with Gasteiger partial charge >= 0.3 is 0 Å².